The first-order valence-electron chi connectivity index (χ1n) is 7.53. The van der Waals surface area contributed by atoms with Crippen molar-refractivity contribution in [1.29, 1.82) is 0 Å². The Morgan fingerprint density at radius 1 is 1.00 bits per heavy atom. The van der Waals surface area contributed by atoms with Gasteiger partial charge in [0.2, 0.25) is 5.88 Å². The van der Waals surface area contributed by atoms with Crippen LogP contribution in [-0.4, -0.2) is 11.5 Å². The fourth-order valence-electron chi connectivity index (χ4n) is 2.08. The topological polar surface area (TPSA) is 34.1 Å². The average molecular weight is 284 g/mol. The maximum Gasteiger partial charge on any atom is 0.214 e. The molecule has 0 spiro atoms. The van der Waals surface area contributed by atoms with Crippen molar-refractivity contribution in [3.05, 3.63) is 59.8 Å². The molecule has 3 nitrogen and oxygen atoms in total. The van der Waals surface area contributed by atoms with E-state index in [1.807, 2.05) is 43.3 Å². The average Bonchev–Trinajstić information content (AvgIpc) is 2.48. The van der Waals surface area contributed by atoms with Crippen molar-refractivity contribution in [1.82, 2.24) is 10.3 Å². The van der Waals surface area contributed by atoms with Crippen LogP contribution in [0.1, 0.15) is 38.1 Å². The maximum absolute atomic E-state index is 5.93. The van der Waals surface area contributed by atoms with Crippen LogP contribution in [0.3, 0.4) is 0 Å². The first kappa shape index (κ1) is 15.5. The SMILES string of the molecule is CC(C)CNCc1cccc(OC(C)c2ccccc2)n1. The Morgan fingerprint density at radius 2 is 1.76 bits per heavy atom. The third-order valence-electron chi connectivity index (χ3n) is 3.21. The third-order valence-corrected chi connectivity index (χ3v) is 3.21. The Balaban J connectivity index is 1.94. The summed E-state index contributed by atoms with van der Waals surface area (Å²) in [7, 11) is 0. The number of nitrogens with one attached hydrogen (secondary N) is 1. The fraction of sp³-hybridized carbons (Fsp3) is 0.389. The predicted octanol–water partition coefficient (Wildman–Crippen LogP) is 3.97. The number of hydrogen-bond donors (Lipinski definition) is 1. The largest absolute Gasteiger partial charge is 0.470 e. The Kier molecular flexibility index (Phi) is 5.76. The molecule has 1 aromatic heterocycles. The first-order chi connectivity index (χ1) is 10.1. The van der Waals surface area contributed by atoms with E-state index in [0.29, 0.717) is 11.8 Å². The van der Waals surface area contributed by atoms with Crippen LogP contribution >= 0.6 is 0 Å². The van der Waals surface area contributed by atoms with Crippen molar-refractivity contribution in [2.24, 2.45) is 5.92 Å². The molecule has 0 radical (unpaired) electrons. The molecule has 0 aliphatic heterocycles. The lowest BCUT2D eigenvalue weighted by Gasteiger charge is -2.15. The van der Waals surface area contributed by atoms with Crippen LogP contribution in [0.25, 0.3) is 0 Å². The standard InChI is InChI=1S/C18H24N2O/c1-14(2)12-19-13-17-10-7-11-18(20-17)21-15(3)16-8-5-4-6-9-16/h4-11,14-15,19H,12-13H2,1-3H3. The lowest BCUT2D eigenvalue weighted by Crippen LogP contribution is -2.19. The van der Waals surface area contributed by atoms with E-state index in [0.717, 1.165) is 24.3 Å². The van der Waals surface area contributed by atoms with Crippen molar-refractivity contribution >= 4 is 0 Å². The smallest absolute Gasteiger partial charge is 0.214 e. The quantitative estimate of drug-likeness (QED) is 0.835. The molecule has 0 aliphatic carbocycles. The number of aromatic nitrogens is 1. The highest BCUT2D eigenvalue weighted by atomic mass is 16.5. The van der Waals surface area contributed by atoms with E-state index in [1.165, 1.54) is 0 Å². The Labute approximate surface area is 127 Å². The second-order valence-corrected chi connectivity index (χ2v) is 5.66. The molecule has 1 atom stereocenters. The number of hydrogen-bond acceptors (Lipinski definition) is 3. The van der Waals surface area contributed by atoms with Crippen LogP contribution in [0.4, 0.5) is 0 Å². The maximum atomic E-state index is 5.93. The molecule has 1 unspecified atom stereocenters. The summed E-state index contributed by atoms with van der Waals surface area (Å²) < 4.78 is 5.93. The molecule has 0 saturated carbocycles. The molecule has 3 heteroatoms. The Bertz CT molecular complexity index is 540. The van der Waals surface area contributed by atoms with E-state index in [-0.39, 0.29) is 6.10 Å². The van der Waals surface area contributed by atoms with E-state index in [4.69, 9.17) is 4.74 Å². The molecule has 0 saturated heterocycles. The number of benzene rings is 1. The highest BCUT2D eigenvalue weighted by Crippen LogP contribution is 2.19. The molecule has 0 bridgehead atoms. The summed E-state index contributed by atoms with van der Waals surface area (Å²) in [5, 5.41) is 3.40. The van der Waals surface area contributed by atoms with Gasteiger partial charge in [-0.25, -0.2) is 4.98 Å². The summed E-state index contributed by atoms with van der Waals surface area (Å²) in [4.78, 5) is 4.55. The summed E-state index contributed by atoms with van der Waals surface area (Å²) in [5.74, 6) is 1.32. The van der Waals surface area contributed by atoms with Gasteiger partial charge in [0, 0.05) is 12.6 Å². The summed E-state index contributed by atoms with van der Waals surface area (Å²) in [6.07, 6.45) is -0.00225. The first-order valence-corrected chi connectivity index (χ1v) is 7.53. The third kappa shape index (κ3) is 5.20. The Morgan fingerprint density at radius 3 is 2.48 bits per heavy atom. The Hall–Kier alpha value is -1.87. The molecule has 1 aromatic carbocycles. The molecule has 1 N–H and O–H groups in total. The lowest BCUT2D eigenvalue weighted by molar-refractivity contribution is 0.217. The van der Waals surface area contributed by atoms with Crippen molar-refractivity contribution in [3.8, 4) is 5.88 Å². The van der Waals surface area contributed by atoms with Gasteiger partial charge < -0.3 is 10.1 Å². The molecule has 112 valence electrons. The minimum Gasteiger partial charge on any atom is -0.470 e. The van der Waals surface area contributed by atoms with Crippen molar-refractivity contribution < 1.29 is 4.74 Å². The molecular weight excluding hydrogens is 260 g/mol. The molecule has 2 rings (SSSR count). The summed E-state index contributed by atoms with van der Waals surface area (Å²) in [6, 6.07) is 16.1. The zero-order valence-corrected chi connectivity index (χ0v) is 13.0. The van der Waals surface area contributed by atoms with Crippen molar-refractivity contribution in [3.63, 3.8) is 0 Å². The molecular formula is C18H24N2O. The van der Waals surface area contributed by atoms with Crippen LogP contribution in [-0.2, 0) is 6.54 Å². The van der Waals surface area contributed by atoms with Gasteiger partial charge >= 0.3 is 0 Å². The summed E-state index contributed by atoms with van der Waals surface area (Å²) in [6.45, 7) is 8.20. The van der Waals surface area contributed by atoms with Gasteiger partial charge in [-0.15, -0.1) is 0 Å². The number of rotatable bonds is 7. The second kappa shape index (κ2) is 7.79. The van der Waals surface area contributed by atoms with Gasteiger partial charge in [0.05, 0.1) is 5.69 Å². The number of ether oxygens (including phenoxy) is 1. The normalized spacial score (nSPS) is 12.4. The monoisotopic (exact) mass is 284 g/mol. The van der Waals surface area contributed by atoms with E-state index < -0.39 is 0 Å². The van der Waals surface area contributed by atoms with Gasteiger partial charge in [0.1, 0.15) is 6.10 Å². The van der Waals surface area contributed by atoms with Crippen LogP contribution in [0.5, 0.6) is 5.88 Å². The molecule has 0 aliphatic rings. The minimum absolute atomic E-state index is 0.00225. The van der Waals surface area contributed by atoms with Gasteiger partial charge in [-0.1, -0.05) is 50.2 Å². The van der Waals surface area contributed by atoms with Crippen molar-refractivity contribution in [2.45, 2.75) is 33.4 Å². The summed E-state index contributed by atoms with van der Waals surface area (Å²) >= 11 is 0. The highest BCUT2D eigenvalue weighted by molar-refractivity contribution is 5.20. The van der Waals surface area contributed by atoms with Gasteiger partial charge in [0.25, 0.3) is 0 Å². The fourth-order valence-corrected chi connectivity index (χ4v) is 2.08. The van der Waals surface area contributed by atoms with E-state index in [9.17, 15) is 0 Å². The second-order valence-electron chi connectivity index (χ2n) is 5.66. The minimum atomic E-state index is -0.00225. The predicted molar refractivity (Wildman–Crippen MR) is 86.3 cm³/mol. The lowest BCUT2D eigenvalue weighted by atomic mass is 10.1. The van der Waals surface area contributed by atoms with Crippen LogP contribution in [0.2, 0.25) is 0 Å². The van der Waals surface area contributed by atoms with E-state index >= 15 is 0 Å². The van der Waals surface area contributed by atoms with Crippen LogP contribution in [0.15, 0.2) is 48.5 Å². The molecule has 21 heavy (non-hydrogen) atoms. The summed E-state index contributed by atoms with van der Waals surface area (Å²) in [5.41, 5.74) is 2.16. The van der Waals surface area contributed by atoms with Gasteiger partial charge in [0.15, 0.2) is 0 Å². The number of pyridine rings is 1. The molecule has 0 fully saturated rings. The van der Waals surface area contributed by atoms with Gasteiger partial charge in [-0.2, -0.15) is 0 Å². The zero-order chi connectivity index (χ0) is 15.1. The van der Waals surface area contributed by atoms with E-state index in [1.54, 1.807) is 0 Å². The molecule has 2 aromatic rings. The molecule has 0 amide bonds. The van der Waals surface area contributed by atoms with Gasteiger partial charge in [-0.05, 0) is 31.0 Å². The highest BCUT2D eigenvalue weighted by Gasteiger charge is 2.08. The van der Waals surface area contributed by atoms with Crippen molar-refractivity contribution in [2.75, 3.05) is 6.54 Å². The molecule has 1 heterocycles. The zero-order valence-electron chi connectivity index (χ0n) is 13.0. The van der Waals surface area contributed by atoms with Crippen LogP contribution in [0, 0.1) is 5.92 Å². The van der Waals surface area contributed by atoms with Crippen LogP contribution < -0.4 is 10.1 Å². The van der Waals surface area contributed by atoms with Gasteiger partial charge in [-0.3, -0.25) is 0 Å². The van der Waals surface area contributed by atoms with E-state index in [2.05, 4.69) is 36.3 Å². The number of nitrogens with zero attached hydrogens (tertiary/aromatic N) is 1.